The summed E-state index contributed by atoms with van der Waals surface area (Å²) in [4.78, 5) is 14.4. The molecule has 0 bridgehead atoms. The zero-order valence-electron chi connectivity index (χ0n) is 13.2. The van der Waals surface area contributed by atoms with Crippen molar-refractivity contribution in [3.8, 4) is 0 Å². The number of piperidine rings is 1. The van der Waals surface area contributed by atoms with Crippen molar-refractivity contribution in [1.82, 2.24) is 20.3 Å². The molecular formula is C16H21ClN4O2. The first-order valence-electron chi connectivity index (χ1n) is 7.99. The second-order valence-corrected chi connectivity index (χ2v) is 6.59. The van der Waals surface area contributed by atoms with E-state index in [1.165, 1.54) is 11.3 Å². The first-order valence-corrected chi connectivity index (χ1v) is 8.37. The number of halogens is 1. The molecule has 7 heteroatoms. The minimum absolute atomic E-state index is 0.170. The second-order valence-electron chi connectivity index (χ2n) is 6.20. The lowest BCUT2D eigenvalue weighted by atomic mass is 9.92. The van der Waals surface area contributed by atoms with Crippen molar-refractivity contribution in [2.45, 2.75) is 39.0 Å². The number of nitrogens with one attached hydrogen (secondary N) is 1. The van der Waals surface area contributed by atoms with E-state index in [9.17, 15) is 4.79 Å². The molecule has 6 nitrogen and oxygen atoms in total. The number of carbonyl (C=O) groups excluding carboxylic acids is 1. The van der Waals surface area contributed by atoms with Crippen LogP contribution < -0.4 is 0 Å². The summed E-state index contributed by atoms with van der Waals surface area (Å²) in [5, 5.41) is 11.1. The van der Waals surface area contributed by atoms with Crippen LogP contribution in [-0.2, 0) is 17.6 Å². The van der Waals surface area contributed by atoms with Crippen LogP contribution in [0.5, 0.6) is 0 Å². The van der Waals surface area contributed by atoms with E-state index in [0.717, 1.165) is 32.4 Å². The van der Waals surface area contributed by atoms with Gasteiger partial charge in [-0.25, -0.2) is 0 Å². The highest BCUT2D eigenvalue weighted by Crippen LogP contribution is 2.22. The number of aromatic amines is 1. The van der Waals surface area contributed by atoms with E-state index in [1.54, 1.807) is 6.07 Å². The quantitative estimate of drug-likeness (QED) is 0.911. The van der Waals surface area contributed by atoms with Gasteiger partial charge in [0.2, 0.25) is 5.91 Å². The molecule has 2 aromatic rings. The topological polar surface area (TPSA) is 75.0 Å². The van der Waals surface area contributed by atoms with Crippen LogP contribution in [0.4, 0.5) is 0 Å². The van der Waals surface area contributed by atoms with Crippen LogP contribution >= 0.6 is 11.6 Å². The summed E-state index contributed by atoms with van der Waals surface area (Å²) in [5.74, 6) is 1.32. The van der Waals surface area contributed by atoms with Gasteiger partial charge in [0.1, 0.15) is 5.76 Å². The van der Waals surface area contributed by atoms with E-state index >= 15 is 0 Å². The van der Waals surface area contributed by atoms with Gasteiger partial charge in [0.15, 0.2) is 5.15 Å². The molecule has 1 aliphatic rings. The van der Waals surface area contributed by atoms with Crippen molar-refractivity contribution in [3.63, 3.8) is 0 Å². The Balaban J connectivity index is 1.51. The fourth-order valence-corrected chi connectivity index (χ4v) is 3.28. The third-order valence-electron chi connectivity index (χ3n) is 4.41. The molecule has 1 aliphatic heterocycles. The SMILES string of the molecule is Cc1cn[nH]c1C[C@H]1CCCN(C(=O)CCc2cc(Cl)no2)C1. The molecule has 1 fully saturated rings. The predicted octanol–water partition coefficient (Wildman–Crippen LogP) is 2.77. The monoisotopic (exact) mass is 336 g/mol. The molecule has 1 amide bonds. The van der Waals surface area contributed by atoms with Crippen molar-refractivity contribution in [2.75, 3.05) is 13.1 Å². The summed E-state index contributed by atoms with van der Waals surface area (Å²) >= 11 is 5.72. The van der Waals surface area contributed by atoms with Gasteiger partial charge < -0.3 is 9.42 Å². The minimum Gasteiger partial charge on any atom is -0.360 e. The number of nitrogens with zero attached hydrogens (tertiary/aromatic N) is 3. The van der Waals surface area contributed by atoms with E-state index in [0.29, 0.717) is 29.7 Å². The molecule has 1 saturated heterocycles. The fourth-order valence-electron chi connectivity index (χ4n) is 3.12. The summed E-state index contributed by atoms with van der Waals surface area (Å²) in [6.07, 6.45) is 5.98. The molecule has 0 radical (unpaired) electrons. The lowest BCUT2D eigenvalue weighted by molar-refractivity contribution is -0.133. The number of aromatic nitrogens is 3. The zero-order chi connectivity index (χ0) is 16.2. The molecule has 23 heavy (non-hydrogen) atoms. The lowest BCUT2D eigenvalue weighted by Crippen LogP contribution is -2.40. The Morgan fingerprint density at radius 1 is 1.57 bits per heavy atom. The average molecular weight is 337 g/mol. The van der Waals surface area contributed by atoms with Crippen LogP contribution in [-0.4, -0.2) is 39.3 Å². The molecule has 0 spiro atoms. The van der Waals surface area contributed by atoms with Crippen LogP contribution in [0.3, 0.4) is 0 Å². The molecule has 0 aliphatic carbocycles. The maximum atomic E-state index is 12.4. The number of carbonyl (C=O) groups is 1. The van der Waals surface area contributed by atoms with Crippen molar-refractivity contribution in [1.29, 1.82) is 0 Å². The van der Waals surface area contributed by atoms with Crippen LogP contribution in [0.2, 0.25) is 5.15 Å². The summed E-state index contributed by atoms with van der Waals surface area (Å²) < 4.78 is 5.04. The number of hydrogen-bond donors (Lipinski definition) is 1. The van der Waals surface area contributed by atoms with Gasteiger partial charge in [-0.3, -0.25) is 9.89 Å². The Hall–Kier alpha value is -1.82. The number of aryl methyl sites for hydroxylation is 2. The molecule has 0 aromatic carbocycles. The Bertz CT molecular complexity index is 667. The van der Waals surface area contributed by atoms with E-state index in [2.05, 4.69) is 22.3 Å². The van der Waals surface area contributed by atoms with Gasteiger partial charge in [-0.15, -0.1) is 0 Å². The second kappa shape index (κ2) is 7.17. The van der Waals surface area contributed by atoms with E-state index in [4.69, 9.17) is 16.1 Å². The molecular weight excluding hydrogens is 316 g/mol. The molecule has 3 rings (SSSR count). The first-order chi connectivity index (χ1) is 11.1. The Kier molecular flexibility index (Phi) is 5.00. The standard InChI is InChI=1S/C16H21ClN4O2/c1-11-9-18-19-14(11)7-12-3-2-6-21(10-12)16(22)5-4-13-8-15(17)20-23-13/h8-9,12H,2-7,10H2,1H3,(H,18,19)/t12-/m1/s1. The molecule has 0 saturated carbocycles. The average Bonchev–Trinajstić information content (AvgIpc) is 3.14. The van der Waals surface area contributed by atoms with Crippen molar-refractivity contribution in [2.24, 2.45) is 5.92 Å². The van der Waals surface area contributed by atoms with E-state index in [-0.39, 0.29) is 5.91 Å². The van der Waals surface area contributed by atoms with Gasteiger partial charge in [0, 0.05) is 37.7 Å². The maximum Gasteiger partial charge on any atom is 0.223 e. The number of hydrogen-bond acceptors (Lipinski definition) is 4. The number of H-pyrrole nitrogens is 1. The smallest absolute Gasteiger partial charge is 0.223 e. The van der Waals surface area contributed by atoms with E-state index < -0.39 is 0 Å². The van der Waals surface area contributed by atoms with Crippen molar-refractivity contribution in [3.05, 3.63) is 34.4 Å². The van der Waals surface area contributed by atoms with Gasteiger partial charge in [-0.05, 0) is 37.7 Å². The molecule has 124 valence electrons. The third-order valence-corrected chi connectivity index (χ3v) is 4.59. The Labute approximate surface area is 140 Å². The largest absolute Gasteiger partial charge is 0.360 e. The summed E-state index contributed by atoms with van der Waals surface area (Å²) in [7, 11) is 0. The number of likely N-dealkylation sites (tertiary alicyclic amines) is 1. The van der Waals surface area contributed by atoms with Crippen LogP contribution in [0.25, 0.3) is 0 Å². The molecule has 3 heterocycles. The van der Waals surface area contributed by atoms with Gasteiger partial charge in [0.25, 0.3) is 0 Å². The maximum absolute atomic E-state index is 12.4. The molecule has 1 atom stereocenters. The highest BCUT2D eigenvalue weighted by atomic mass is 35.5. The van der Waals surface area contributed by atoms with Crippen molar-refractivity contribution < 1.29 is 9.32 Å². The fraction of sp³-hybridized carbons (Fsp3) is 0.562. The Morgan fingerprint density at radius 2 is 2.43 bits per heavy atom. The normalized spacial score (nSPS) is 18.3. The van der Waals surface area contributed by atoms with Crippen LogP contribution in [0, 0.1) is 12.8 Å². The van der Waals surface area contributed by atoms with Gasteiger partial charge >= 0.3 is 0 Å². The number of amides is 1. The zero-order valence-corrected chi connectivity index (χ0v) is 14.0. The lowest BCUT2D eigenvalue weighted by Gasteiger charge is -2.32. The molecule has 2 aromatic heterocycles. The minimum atomic E-state index is 0.170. The number of rotatable bonds is 5. The summed E-state index contributed by atoms with van der Waals surface area (Å²) in [6, 6.07) is 1.66. The van der Waals surface area contributed by atoms with Gasteiger partial charge in [0.05, 0.1) is 6.20 Å². The van der Waals surface area contributed by atoms with E-state index in [1.807, 2.05) is 11.1 Å². The van der Waals surface area contributed by atoms with Gasteiger partial charge in [-0.1, -0.05) is 16.8 Å². The van der Waals surface area contributed by atoms with Crippen LogP contribution in [0.15, 0.2) is 16.8 Å². The summed E-state index contributed by atoms with van der Waals surface area (Å²) in [5.41, 5.74) is 2.37. The Morgan fingerprint density at radius 3 is 3.13 bits per heavy atom. The first kappa shape index (κ1) is 16.1. The molecule has 0 unspecified atom stereocenters. The molecule has 1 N–H and O–H groups in total. The highest BCUT2D eigenvalue weighted by molar-refractivity contribution is 6.29. The van der Waals surface area contributed by atoms with Crippen LogP contribution in [0.1, 0.15) is 36.3 Å². The predicted molar refractivity (Wildman–Crippen MR) is 86.2 cm³/mol. The summed E-state index contributed by atoms with van der Waals surface area (Å²) in [6.45, 7) is 3.72. The highest BCUT2D eigenvalue weighted by Gasteiger charge is 2.24. The van der Waals surface area contributed by atoms with Gasteiger partial charge in [-0.2, -0.15) is 5.10 Å². The van der Waals surface area contributed by atoms with Crippen molar-refractivity contribution >= 4 is 17.5 Å². The third kappa shape index (κ3) is 4.13.